The molecule has 1 amide bonds. The fourth-order valence-electron chi connectivity index (χ4n) is 4.07. The van der Waals surface area contributed by atoms with Crippen LogP contribution >= 0.6 is 23.1 Å². The third-order valence-electron chi connectivity index (χ3n) is 5.39. The summed E-state index contributed by atoms with van der Waals surface area (Å²) < 4.78 is 0.759. The predicted molar refractivity (Wildman–Crippen MR) is 103 cm³/mol. The van der Waals surface area contributed by atoms with Crippen molar-refractivity contribution in [2.75, 3.05) is 6.54 Å². The lowest BCUT2D eigenvalue weighted by Gasteiger charge is -2.46. The molecular weight excluding hydrogens is 386 g/mol. The van der Waals surface area contributed by atoms with Crippen LogP contribution in [0.1, 0.15) is 26.5 Å². The Morgan fingerprint density at radius 1 is 1.48 bits per heavy atom. The standard InChI is InChI=1S/C18H21N3O4S2/c1-7-4-10(5-19-7)11-6-26-18(20-11)27-15-8(2)13-12(9(3)22)16(23)21(13)14(15)17(24)25/h4,6-9,12-13,19,22H,5H2,1-3H3,(H,24,25)/t7-,8-,9+,12+,13+/m0/s1. The van der Waals surface area contributed by atoms with E-state index in [0.29, 0.717) is 10.9 Å². The summed E-state index contributed by atoms with van der Waals surface area (Å²) in [5, 5.41) is 24.9. The molecule has 1 aromatic heterocycles. The predicted octanol–water partition coefficient (Wildman–Crippen LogP) is 1.76. The van der Waals surface area contributed by atoms with Crippen LogP contribution in [0.5, 0.6) is 0 Å². The first kappa shape index (κ1) is 18.7. The summed E-state index contributed by atoms with van der Waals surface area (Å²) in [6.45, 7) is 6.35. The summed E-state index contributed by atoms with van der Waals surface area (Å²) in [7, 11) is 0. The SMILES string of the molecule is C[C@@H]1C(Sc2nc(C3=C[C@H](C)NC3)cs2)=C(C(=O)O)N2C(=O)[C@H]([C@@H](C)O)[C@@H]12. The van der Waals surface area contributed by atoms with E-state index in [4.69, 9.17) is 0 Å². The summed E-state index contributed by atoms with van der Waals surface area (Å²) >= 11 is 2.80. The van der Waals surface area contributed by atoms with E-state index in [-0.39, 0.29) is 23.6 Å². The lowest BCUT2D eigenvalue weighted by Crippen LogP contribution is -2.63. The number of carbonyl (C=O) groups is 2. The molecule has 3 N–H and O–H groups in total. The molecule has 4 heterocycles. The number of carbonyl (C=O) groups excluding carboxylic acids is 1. The van der Waals surface area contributed by atoms with Crippen molar-refractivity contribution in [2.24, 2.45) is 11.8 Å². The first-order valence-corrected chi connectivity index (χ1v) is 10.6. The number of thioether (sulfide) groups is 1. The molecule has 1 fully saturated rings. The van der Waals surface area contributed by atoms with Crippen LogP contribution in [0.25, 0.3) is 5.57 Å². The average molecular weight is 408 g/mol. The second-order valence-corrected chi connectivity index (χ2v) is 9.38. The van der Waals surface area contributed by atoms with Crippen molar-refractivity contribution < 1.29 is 19.8 Å². The van der Waals surface area contributed by atoms with E-state index in [1.54, 1.807) is 6.92 Å². The first-order chi connectivity index (χ1) is 12.8. The summed E-state index contributed by atoms with van der Waals surface area (Å²) in [5.41, 5.74) is 2.08. The number of thiazole rings is 1. The molecule has 1 aromatic rings. The maximum atomic E-state index is 12.4. The molecule has 0 bridgehead atoms. The van der Waals surface area contributed by atoms with E-state index in [1.165, 1.54) is 28.0 Å². The Morgan fingerprint density at radius 3 is 2.81 bits per heavy atom. The topological polar surface area (TPSA) is 103 Å². The van der Waals surface area contributed by atoms with Gasteiger partial charge in [-0.3, -0.25) is 4.79 Å². The molecule has 7 nitrogen and oxygen atoms in total. The van der Waals surface area contributed by atoms with E-state index in [9.17, 15) is 19.8 Å². The smallest absolute Gasteiger partial charge is 0.353 e. The number of nitrogens with one attached hydrogen (secondary N) is 1. The number of hydrogen-bond acceptors (Lipinski definition) is 7. The number of aliphatic hydroxyl groups is 1. The molecule has 4 rings (SSSR count). The Labute approximate surface area is 165 Å². The van der Waals surface area contributed by atoms with Gasteiger partial charge in [-0.2, -0.15) is 0 Å². The highest BCUT2D eigenvalue weighted by atomic mass is 32.2. The lowest BCUT2D eigenvalue weighted by molar-refractivity contribution is -0.163. The molecule has 0 saturated carbocycles. The minimum atomic E-state index is -1.11. The minimum absolute atomic E-state index is 0.0338. The largest absolute Gasteiger partial charge is 0.477 e. The number of β-lactam (4-membered cyclic amide) rings is 1. The number of hydrogen-bond donors (Lipinski definition) is 3. The third kappa shape index (κ3) is 2.93. The molecule has 144 valence electrons. The van der Waals surface area contributed by atoms with Gasteiger partial charge in [0, 0.05) is 28.8 Å². The quantitative estimate of drug-likeness (QED) is 0.639. The van der Waals surface area contributed by atoms with Crippen molar-refractivity contribution in [2.45, 2.75) is 43.3 Å². The summed E-state index contributed by atoms with van der Waals surface area (Å²) in [5.74, 6) is -2.13. The Balaban J connectivity index is 1.62. The number of fused-ring (bicyclic) bond motifs is 1. The normalized spacial score (nSPS) is 31.0. The van der Waals surface area contributed by atoms with E-state index in [2.05, 4.69) is 23.3 Å². The molecule has 5 atom stereocenters. The highest BCUT2D eigenvalue weighted by molar-refractivity contribution is 8.04. The van der Waals surface area contributed by atoms with Gasteiger partial charge >= 0.3 is 5.97 Å². The van der Waals surface area contributed by atoms with Gasteiger partial charge < -0.3 is 20.4 Å². The zero-order valence-corrected chi connectivity index (χ0v) is 16.8. The highest BCUT2D eigenvalue weighted by Crippen LogP contribution is 2.52. The van der Waals surface area contributed by atoms with Crippen LogP contribution in [0.2, 0.25) is 0 Å². The molecule has 3 aliphatic heterocycles. The van der Waals surface area contributed by atoms with Gasteiger partial charge in [0.15, 0.2) is 4.34 Å². The summed E-state index contributed by atoms with van der Waals surface area (Å²) in [6, 6.07) is 0.0222. The molecule has 27 heavy (non-hydrogen) atoms. The van der Waals surface area contributed by atoms with Gasteiger partial charge in [0.05, 0.1) is 23.8 Å². The van der Waals surface area contributed by atoms with Crippen LogP contribution in [-0.4, -0.2) is 56.7 Å². The number of aliphatic carboxylic acids is 1. The van der Waals surface area contributed by atoms with E-state index >= 15 is 0 Å². The van der Waals surface area contributed by atoms with Crippen molar-refractivity contribution >= 4 is 40.5 Å². The Kier molecular flexibility index (Phi) is 4.66. The fourth-order valence-corrected chi connectivity index (χ4v) is 6.18. The molecule has 0 aliphatic carbocycles. The van der Waals surface area contributed by atoms with Gasteiger partial charge in [0.2, 0.25) is 5.91 Å². The Hall–Kier alpha value is -1.68. The van der Waals surface area contributed by atoms with Crippen molar-refractivity contribution in [3.05, 3.63) is 27.8 Å². The highest BCUT2D eigenvalue weighted by Gasteiger charge is 2.60. The average Bonchev–Trinajstić information content (AvgIpc) is 3.27. The van der Waals surface area contributed by atoms with Crippen LogP contribution in [0.3, 0.4) is 0 Å². The molecule has 0 unspecified atom stereocenters. The van der Waals surface area contributed by atoms with Crippen molar-refractivity contribution in [1.82, 2.24) is 15.2 Å². The van der Waals surface area contributed by atoms with E-state index in [0.717, 1.165) is 22.2 Å². The van der Waals surface area contributed by atoms with E-state index in [1.807, 2.05) is 12.3 Å². The van der Waals surface area contributed by atoms with Crippen LogP contribution in [0.4, 0.5) is 0 Å². The number of carboxylic acids is 1. The van der Waals surface area contributed by atoms with Crippen molar-refractivity contribution in [3.8, 4) is 0 Å². The summed E-state index contributed by atoms with van der Waals surface area (Å²) in [6.07, 6.45) is 1.34. The van der Waals surface area contributed by atoms with E-state index < -0.39 is 18.0 Å². The van der Waals surface area contributed by atoms with Crippen molar-refractivity contribution in [3.63, 3.8) is 0 Å². The molecule has 0 spiro atoms. The number of amides is 1. The number of carboxylic acid groups (broad SMARTS) is 1. The van der Waals surface area contributed by atoms with Gasteiger partial charge in [0.1, 0.15) is 5.70 Å². The van der Waals surface area contributed by atoms with Crippen molar-refractivity contribution in [1.29, 1.82) is 0 Å². The van der Waals surface area contributed by atoms with Crippen LogP contribution in [-0.2, 0) is 9.59 Å². The molecular formula is C18H21N3O4S2. The molecule has 1 saturated heterocycles. The minimum Gasteiger partial charge on any atom is -0.477 e. The molecule has 3 aliphatic rings. The second kappa shape index (κ2) is 6.73. The first-order valence-electron chi connectivity index (χ1n) is 8.86. The zero-order chi connectivity index (χ0) is 19.5. The Morgan fingerprint density at radius 2 is 2.22 bits per heavy atom. The zero-order valence-electron chi connectivity index (χ0n) is 15.2. The number of aromatic nitrogens is 1. The lowest BCUT2D eigenvalue weighted by atomic mass is 9.79. The van der Waals surface area contributed by atoms with Gasteiger partial charge in [-0.05, 0) is 19.4 Å². The molecule has 0 radical (unpaired) electrons. The van der Waals surface area contributed by atoms with Gasteiger partial charge in [-0.25, -0.2) is 9.78 Å². The maximum Gasteiger partial charge on any atom is 0.353 e. The Bertz CT molecular complexity index is 876. The second-order valence-electron chi connectivity index (χ2n) is 7.23. The monoisotopic (exact) mass is 407 g/mol. The maximum absolute atomic E-state index is 12.4. The molecule has 0 aromatic carbocycles. The van der Waals surface area contributed by atoms with Crippen LogP contribution in [0, 0.1) is 11.8 Å². The molecule has 9 heteroatoms. The van der Waals surface area contributed by atoms with Crippen LogP contribution in [0.15, 0.2) is 26.4 Å². The number of nitrogens with zero attached hydrogens (tertiary/aromatic N) is 2. The fraction of sp³-hybridized carbons (Fsp3) is 0.500. The van der Waals surface area contributed by atoms with Crippen LogP contribution < -0.4 is 5.32 Å². The van der Waals surface area contributed by atoms with Gasteiger partial charge in [-0.1, -0.05) is 24.8 Å². The third-order valence-corrected chi connectivity index (χ3v) is 7.61. The number of rotatable bonds is 5. The summed E-state index contributed by atoms with van der Waals surface area (Å²) in [4.78, 5) is 30.9. The number of aliphatic hydroxyl groups excluding tert-OH is 1. The van der Waals surface area contributed by atoms with Gasteiger partial charge in [0.25, 0.3) is 0 Å². The van der Waals surface area contributed by atoms with Gasteiger partial charge in [-0.15, -0.1) is 11.3 Å².